The summed E-state index contributed by atoms with van der Waals surface area (Å²) in [6, 6.07) is 14.0. The van der Waals surface area contributed by atoms with Crippen LogP contribution < -0.4 is 20.5 Å². The molecule has 6 rings (SSSR count). The van der Waals surface area contributed by atoms with Crippen LogP contribution in [0.1, 0.15) is 41.0 Å². The third kappa shape index (κ3) is 5.63. The highest BCUT2D eigenvalue weighted by Gasteiger charge is 2.45. The van der Waals surface area contributed by atoms with Gasteiger partial charge in [-0.2, -0.15) is 0 Å². The Morgan fingerprint density at radius 3 is 2.58 bits per heavy atom. The van der Waals surface area contributed by atoms with Crippen molar-refractivity contribution >= 4 is 22.7 Å². The number of nitrogens with two attached hydrogens (primary N) is 1. The average molecular weight is 609 g/mol. The number of halogens is 1. The number of aliphatic hydroxyl groups is 1. The first-order valence-electron chi connectivity index (χ1n) is 14.0. The van der Waals surface area contributed by atoms with E-state index in [0.717, 1.165) is 5.56 Å². The number of hydrogen-bond acceptors (Lipinski definition) is 9. The zero-order valence-electron chi connectivity index (χ0n) is 24.7. The first kappa shape index (κ1) is 29.6. The van der Waals surface area contributed by atoms with Crippen molar-refractivity contribution in [3.05, 3.63) is 101 Å². The molecule has 5 aromatic rings. The summed E-state index contributed by atoms with van der Waals surface area (Å²) in [6.45, 7) is 4.74. The Labute approximate surface area is 257 Å². The Balaban J connectivity index is 1.33. The van der Waals surface area contributed by atoms with Crippen LogP contribution in [0.25, 0.3) is 22.2 Å². The number of amides is 2. The second-order valence-corrected chi connectivity index (χ2v) is 11.4. The molecule has 0 aliphatic carbocycles. The molecule has 0 saturated carbocycles. The number of hydrogen-bond donors (Lipinski definition) is 3. The molecule has 2 atom stereocenters. The zero-order chi connectivity index (χ0) is 31.9. The van der Waals surface area contributed by atoms with Crippen molar-refractivity contribution in [1.82, 2.24) is 25.3 Å². The van der Waals surface area contributed by atoms with Crippen molar-refractivity contribution in [2.45, 2.75) is 31.8 Å². The van der Waals surface area contributed by atoms with E-state index in [0.29, 0.717) is 33.5 Å². The number of primary amides is 1. The summed E-state index contributed by atoms with van der Waals surface area (Å²) in [4.78, 5) is 43.3. The molecule has 0 fully saturated rings. The number of nitrogens with one attached hydrogen (secondary N) is 1. The van der Waals surface area contributed by atoms with Gasteiger partial charge in [0.2, 0.25) is 5.91 Å². The second kappa shape index (κ2) is 11.2. The monoisotopic (exact) mass is 608 g/mol. The number of rotatable bonds is 8. The summed E-state index contributed by atoms with van der Waals surface area (Å²) in [6.07, 6.45) is 4.76. The zero-order valence-corrected chi connectivity index (χ0v) is 24.7. The summed E-state index contributed by atoms with van der Waals surface area (Å²) >= 11 is 0. The first-order valence-corrected chi connectivity index (χ1v) is 14.0. The summed E-state index contributed by atoms with van der Waals surface area (Å²) in [5, 5.41) is 15.1. The smallest absolute Gasteiger partial charge is 0.321 e. The van der Waals surface area contributed by atoms with Gasteiger partial charge >= 0.3 is 6.01 Å². The molecular formula is C33H29FN6O5. The lowest BCUT2D eigenvalue weighted by molar-refractivity contribution is -0.123. The average Bonchev–Trinajstić information content (AvgIpc) is 3.38. The summed E-state index contributed by atoms with van der Waals surface area (Å²) in [7, 11) is 0. The maximum atomic E-state index is 13.7. The number of ether oxygens (including phenoxy) is 2. The van der Waals surface area contributed by atoms with E-state index in [-0.39, 0.29) is 36.2 Å². The number of fused-ring (bicyclic) bond motifs is 2. The van der Waals surface area contributed by atoms with Gasteiger partial charge in [0.05, 0.1) is 12.2 Å². The topological polar surface area (TPSA) is 162 Å². The largest absolute Gasteiger partial charge is 0.489 e. The second-order valence-electron chi connectivity index (χ2n) is 11.4. The van der Waals surface area contributed by atoms with E-state index in [1.54, 1.807) is 31.3 Å². The summed E-state index contributed by atoms with van der Waals surface area (Å²) < 4.78 is 25.5. The molecule has 2 aromatic carbocycles. The quantitative estimate of drug-likeness (QED) is 0.235. The molecule has 0 radical (unpaired) electrons. The predicted molar refractivity (Wildman–Crippen MR) is 162 cm³/mol. The minimum Gasteiger partial charge on any atom is -0.489 e. The van der Waals surface area contributed by atoms with Gasteiger partial charge in [-0.25, -0.2) is 19.3 Å². The molecule has 1 aliphatic heterocycles. The molecule has 3 aromatic heterocycles. The Morgan fingerprint density at radius 2 is 1.87 bits per heavy atom. The Hall–Kier alpha value is -5.49. The van der Waals surface area contributed by atoms with E-state index in [9.17, 15) is 19.1 Å². The third-order valence-corrected chi connectivity index (χ3v) is 7.77. The first-order chi connectivity index (χ1) is 21.4. The van der Waals surface area contributed by atoms with Gasteiger partial charge in [-0.3, -0.25) is 14.6 Å². The highest BCUT2D eigenvalue weighted by molar-refractivity contribution is 6.00. The van der Waals surface area contributed by atoms with Gasteiger partial charge in [-0.05, 0) is 80.9 Å². The van der Waals surface area contributed by atoms with Gasteiger partial charge < -0.3 is 25.6 Å². The minimum atomic E-state index is -1.72. The molecule has 0 unspecified atom stereocenters. The van der Waals surface area contributed by atoms with E-state index in [1.165, 1.54) is 49.6 Å². The maximum absolute atomic E-state index is 13.7. The van der Waals surface area contributed by atoms with Crippen LogP contribution >= 0.6 is 0 Å². The molecule has 228 valence electrons. The third-order valence-electron chi connectivity index (χ3n) is 7.77. The van der Waals surface area contributed by atoms with Gasteiger partial charge in [0.15, 0.2) is 5.75 Å². The molecule has 2 amide bonds. The van der Waals surface area contributed by atoms with Gasteiger partial charge in [0, 0.05) is 40.7 Å². The van der Waals surface area contributed by atoms with Crippen LogP contribution in [0.4, 0.5) is 4.39 Å². The molecule has 0 saturated heterocycles. The molecule has 0 spiro atoms. The Kier molecular flexibility index (Phi) is 7.37. The van der Waals surface area contributed by atoms with Crippen LogP contribution in [-0.4, -0.2) is 50.0 Å². The summed E-state index contributed by atoms with van der Waals surface area (Å²) in [5.74, 6) is -0.945. The lowest BCUT2D eigenvalue weighted by Gasteiger charge is -2.26. The van der Waals surface area contributed by atoms with Crippen molar-refractivity contribution in [2.75, 3.05) is 13.2 Å². The molecule has 12 heteroatoms. The van der Waals surface area contributed by atoms with Crippen LogP contribution in [-0.2, 0) is 15.8 Å². The van der Waals surface area contributed by atoms with E-state index in [4.69, 9.17) is 15.2 Å². The SMILES string of the molecule is Cc1cnc2c(Oc3ncccn3)cc(C(=O)NC[C@](C)(O)c3cc4c(c(-c5ccc(F)cc5)n3)OC[C@]4(C)C(N)=O)cc2c1. The normalized spacial score (nSPS) is 16.8. The van der Waals surface area contributed by atoms with Gasteiger partial charge in [-0.1, -0.05) is 0 Å². The molecular weight excluding hydrogens is 579 g/mol. The highest BCUT2D eigenvalue weighted by atomic mass is 19.1. The fourth-order valence-electron chi connectivity index (χ4n) is 5.08. The molecule has 4 heterocycles. The van der Waals surface area contributed by atoms with Crippen LogP contribution in [0.3, 0.4) is 0 Å². The Morgan fingerprint density at radius 1 is 1.13 bits per heavy atom. The fourth-order valence-corrected chi connectivity index (χ4v) is 5.08. The number of carbonyl (C=O) groups excluding carboxylic acids is 2. The number of carbonyl (C=O) groups is 2. The van der Waals surface area contributed by atoms with Crippen LogP contribution in [0.2, 0.25) is 0 Å². The van der Waals surface area contributed by atoms with E-state index in [1.807, 2.05) is 13.0 Å². The molecule has 0 bridgehead atoms. The van der Waals surface area contributed by atoms with Crippen LogP contribution in [0.15, 0.2) is 73.2 Å². The molecule has 4 N–H and O–H groups in total. The molecule has 1 aliphatic rings. The maximum Gasteiger partial charge on any atom is 0.321 e. The lowest BCUT2D eigenvalue weighted by Crippen LogP contribution is -2.41. The number of aromatic nitrogens is 4. The minimum absolute atomic E-state index is 0.0232. The van der Waals surface area contributed by atoms with Crippen molar-refractivity contribution in [3.63, 3.8) is 0 Å². The van der Waals surface area contributed by atoms with Gasteiger partial charge in [0.25, 0.3) is 5.91 Å². The highest BCUT2D eigenvalue weighted by Crippen LogP contribution is 2.45. The van der Waals surface area contributed by atoms with Gasteiger partial charge in [0.1, 0.15) is 40.4 Å². The number of nitrogens with zero attached hydrogens (tertiary/aromatic N) is 4. The van der Waals surface area contributed by atoms with Crippen molar-refractivity contribution in [1.29, 1.82) is 0 Å². The Bertz CT molecular complexity index is 1950. The van der Waals surface area contributed by atoms with Crippen molar-refractivity contribution in [3.8, 4) is 28.8 Å². The molecule has 11 nitrogen and oxygen atoms in total. The van der Waals surface area contributed by atoms with E-state index in [2.05, 4.69) is 25.3 Å². The van der Waals surface area contributed by atoms with E-state index < -0.39 is 28.6 Å². The number of benzene rings is 2. The van der Waals surface area contributed by atoms with E-state index >= 15 is 0 Å². The van der Waals surface area contributed by atoms with Gasteiger partial charge in [-0.15, -0.1) is 0 Å². The van der Waals surface area contributed by atoms with Crippen molar-refractivity contribution in [2.24, 2.45) is 5.73 Å². The number of pyridine rings is 2. The van der Waals surface area contributed by atoms with Crippen LogP contribution in [0.5, 0.6) is 17.5 Å². The predicted octanol–water partition coefficient (Wildman–Crippen LogP) is 4.10. The fraction of sp³-hybridized carbons (Fsp3) is 0.212. The standard InChI is InChI=1S/C33H29FN6O5/c1-18-11-20-12-21(13-24(26(20)38-15-18)45-31-36-9-4-10-37-31)29(41)39-16-33(3,43)25-14-23-28(44-17-32(23,2)30(35)42)27(40-25)19-5-7-22(34)8-6-19/h4-15,43H,16-17H2,1-3H3,(H2,35,42)(H,39,41)/t32-,33-/m0/s1. The lowest BCUT2D eigenvalue weighted by atomic mass is 9.82. The summed E-state index contributed by atoms with van der Waals surface area (Å²) in [5.41, 5.74) is 5.91. The number of aryl methyl sites for hydroxylation is 1. The van der Waals surface area contributed by atoms with Crippen LogP contribution in [0, 0.1) is 12.7 Å². The molecule has 45 heavy (non-hydrogen) atoms. The van der Waals surface area contributed by atoms with Crippen molar-refractivity contribution < 1.29 is 28.6 Å².